The summed E-state index contributed by atoms with van der Waals surface area (Å²) in [5.41, 5.74) is 6.07. The zero-order chi connectivity index (χ0) is 14.4. The molecule has 1 aromatic rings. The minimum absolute atomic E-state index is 0. The maximum Gasteiger partial charge on any atom is 0.387 e. The van der Waals surface area contributed by atoms with E-state index in [1.807, 2.05) is 13.8 Å². The topological polar surface area (TPSA) is 59.6 Å². The Bertz CT molecular complexity index is 458. The molecule has 0 unspecified atom stereocenters. The quantitative estimate of drug-likeness (QED) is 0.437. The van der Waals surface area contributed by atoms with E-state index in [1.54, 1.807) is 0 Å². The minimum Gasteiger partial charge on any atom is -0.434 e. The Hall–Kier alpha value is -0.830. The smallest absolute Gasteiger partial charge is 0.387 e. The molecule has 8 heteroatoms. The Morgan fingerprint density at radius 3 is 2.65 bits per heavy atom. The number of rotatable bonds is 5. The Kier molecular flexibility index (Phi) is 8.79. The number of halogens is 4. The molecule has 0 aliphatic rings. The highest BCUT2D eigenvalue weighted by atomic mass is 127. The summed E-state index contributed by atoms with van der Waals surface area (Å²) >= 11 is 5.81. The van der Waals surface area contributed by atoms with Gasteiger partial charge in [-0.05, 0) is 32.0 Å². The molecule has 4 nitrogen and oxygen atoms in total. The van der Waals surface area contributed by atoms with Gasteiger partial charge >= 0.3 is 6.61 Å². The summed E-state index contributed by atoms with van der Waals surface area (Å²) in [6, 6.07) is 4.51. The first-order chi connectivity index (χ1) is 8.88. The molecule has 0 saturated carbocycles. The Labute approximate surface area is 138 Å². The number of ether oxygens (including phenoxy) is 1. The van der Waals surface area contributed by atoms with E-state index in [2.05, 4.69) is 15.0 Å². The van der Waals surface area contributed by atoms with Gasteiger partial charge in [0, 0.05) is 16.6 Å². The normalized spacial score (nSPS) is 11.4. The van der Waals surface area contributed by atoms with Crippen LogP contribution in [0.15, 0.2) is 23.2 Å². The summed E-state index contributed by atoms with van der Waals surface area (Å²) in [6.07, 6.45) is 0. The van der Waals surface area contributed by atoms with Crippen LogP contribution in [0.1, 0.15) is 19.4 Å². The Morgan fingerprint density at radius 2 is 2.10 bits per heavy atom. The van der Waals surface area contributed by atoms with Gasteiger partial charge in [-0.2, -0.15) is 8.78 Å². The first-order valence-electron chi connectivity index (χ1n) is 5.68. The standard InChI is InChI=1S/C12H16ClF2N3O.HI/c1-7(2)18-12(16)17-6-8-5-9(13)3-4-10(8)19-11(14)15;/h3-5,7,11H,6H2,1-2H3,(H3,16,17,18);1H. The maximum atomic E-state index is 12.2. The summed E-state index contributed by atoms with van der Waals surface area (Å²) in [6.45, 7) is 1.03. The van der Waals surface area contributed by atoms with Gasteiger partial charge in [-0.15, -0.1) is 24.0 Å². The van der Waals surface area contributed by atoms with Crippen molar-refractivity contribution in [2.45, 2.75) is 33.0 Å². The molecule has 1 aromatic carbocycles. The molecule has 0 heterocycles. The largest absolute Gasteiger partial charge is 0.434 e. The second kappa shape index (κ2) is 9.17. The average Bonchev–Trinajstić information content (AvgIpc) is 2.28. The second-order valence-corrected chi connectivity index (χ2v) is 4.57. The molecule has 3 N–H and O–H groups in total. The number of guanidine groups is 1. The van der Waals surface area contributed by atoms with Crippen LogP contribution in [0, 0.1) is 0 Å². The molecular weight excluding hydrogens is 403 g/mol. The number of hydrogen-bond acceptors (Lipinski definition) is 2. The van der Waals surface area contributed by atoms with Crippen molar-refractivity contribution in [2.75, 3.05) is 0 Å². The summed E-state index contributed by atoms with van der Waals surface area (Å²) in [5.74, 6) is 0.276. The van der Waals surface area contributed by atoms with Gasteiger partial charge in [-0.25, -0.2) is 4.99 Å². The van der Waals surface area contributed by atoms with E-state index in [9.17, 15) is 8.78 Å². The summed E-state index contributed by atoms with van der Waals surface area (Å²) in [7, 11) is 0. The minimum atomic E-state index is -2.89. The van der Waals surface area contributed by atoms with Crippen LogP contribution >= 0.6 is 35.6 Å². The fourth-order valence-electron chi connectivity index (χ4n) is 1.39. The monoisotopic (exact) mass is 419 g/mol. The first kappa shape index (κ1) is 19.2. The predicted molar refractivity (Wildman–Crippen MR) is 87.1 cm³/mol. The van der Waals surface area contributed by atoms with Gasteiger partial charge in [0.15, 0.2) is 5.96 Å². The molecular formula is C12H17ClF2IN3O. The van der Waals surface area contributed by atoms with E-state index in [-0.39, 0.29) is 48.3 Å². The molecule has 0 saturated heterocycles. The van der Waals surface area contributed by atoms with Gasteiger partial charge in [-0.1, -0.05) is 11.6 Å². The second-order valence-electron chi connectivity index (χ2n) is 4.13. The third-order valence-electron chi connectivity index (χ3n) is 2.09. The Morgan fingerprint density at radius 1 is 1.45 bits per heavy atom. The molecule has 0 atom stereocenters. The zero-order valence-electron chi connectivity index (χ0n) is 11.1. The van der Waals surface area contributed by atoms with Crippen molar-refractivity contribution in [2.24, 2.45) is 10.7 Å². The van der Waals surface area contributed by atoms with Crippen molar-refractivity contribution in [3.05, 3.63) is 28.8 Å². The SMILES string of the molecule is CC(C)NC(N)=NCc1cc(Cl)ccc1OC(F)F.I. The molecule has 114 valence electrons. The maximum absolute atomic E-state index is 12.2. The lowest BCUT2D eigenvalue weighted by Gasteiger charge is -2.11. The fraction of sp³-hybridized carbons (Fsp3) is 0.417. The van der Waals surface area contributed by atoms with Crippen LogP contribution in [0.3, 0.4) is 0 Å². The number of hydrogen-bond donors (Lipinski definition) is 2. The molecule has 0 bridgehead atoms. The van der Waals surface area contributed by atoms with Gasteiger partial charge in [0.1, 0.15) is 5.75 Å². The van der Waals surface area contributed by atoms with Crippen LogP contribution in [0.25, 0.3) is 0 Å². The predicted octanol–water partition coefficient (Wildman–Crippen LogP) is 3.37. The lowest BCUT2D eigenvalue weighted by molar-refractivity contribution is -0.0504. The molecule has 0 aliphatic heterocycles. The van der Waals surface area contributed by atoms with E-state index >= 15 is 0 Å². The van der Waals surface area contributed by atoms with Crippen LogP contribution in [-0.4, -0.2) is 18.6 Å². The van der Waals surface area contributed by atoms with Crippen molar-refractivity contribution in [1.82, 2.24) is 5.32 Å². The zero-order valence-corrected chi connectivity index (χ0v) is 14.2. The summed E-state index contributed by atoms with van der Waals surface area (Å²) in [4.78, 5) is 4.04. The van der Waals surface area contributed by atoms with Crippen LogP contribution in [0.5, 0.6) is 5.75 Å². The van der Waals surface area contributed by atoms with Gasteiger partial charge in [0.05, 0.1) is 6.54 Å². The van der Waals surface area contributed by atoms with Crippen molar-refractivity contribution in [3.63, 3.8) is 0 Å². The summed E-state index contributed by atoms with van der Waals surface area (Å²) < 4.78 is 28.9. The lowest BCUT2D eigenvalue weighted by Crippen LogP contribution is -2.36. The molecule has 0 aliphatic carbocycles. The van der Waals surface area contributed by atoms with Gasteiger partial charge < -0.3 is 15.8 Å². The van der Waals surface area contributed by atoms with E-state index in [0.717, 1.165) is 0 Å². The highest BCUT2D eigenvalue weighted by molar-refractivity contribution is 14.0. The van der Waals surface area contributed by atoms with Crippen LogP contribution in [0.2, 0.25) is 5.02 Å². The van der Waals surface area contributed by atoms with E-state index in [1.165, 1.54) is 18.2 Å². The molecule has 0 aromatic heterocycles. The van der Waals surface area contributed by atoms with Crippen LogP contribution in [-0.2, 0) is 6.54 Å². The molecule has 1 rings (SSSR count). The van der Waals surface area contributed by atoms with Crippen molar-refractivity contribution in [1.29, 1.82) is 0 Å². The van der Waals surface area contributed by atoms with Crippen molar-refractivity contribution in [3.8, 4) is 5.75 Å². The molecule has 20 heavy (non-hydrogen) atoms. The van der Waals surface area contributed by atoms with E-state index < -0.39 is 6.61 Å². The van der Waals surface area contributed by atoms with Crippen LogP contribution in [0.4, 0.5) is 8.78 Å². The highest BCUT2D eigenvalue weighted by Gasteiger charge is 2.10. The highest BCUT2D eigenvalue weighted by Crippen LogP contribution is 2.25. The van der Waals surface area contributed by atoms with Crippen molar-refractivity contribution >= 4 is 41.5 Å². The third-order valence-corrected chi connectivity index (χ3v) is 2.33. The molecule has 0 fully saturated rings. The number of alkyl halides is 2. The number of aliphatic imine (C=N–C) groups is 1. The Balaban J connectivity index is 0.00000361. The lowest BCUT2D eigenvalue weighted by atomic mass is 10.2. The van der Waals surface area contributed by atoms with Gasteiger partial charge in [0.2, 0.25) is 0 Å². The first-order valence-corrected chi connectivity index (χ1v) is 6.06. The molecule has 0 radical (unpaired) electrons. The number of nitrogens with zero attached hydrogens (tertiary/aromatic N) is 1. The van der Waals surface area contributed by atoms with Gasteiger partial charge in [-0.3, -0.25) is 0 Å². The fourth-order valence-corrected chi connectivity index (χ4v) is 1.59. The average molecular weight is 420 g/mol. The van der Waals surface area contributed by atoms with Gasteiger partial charge in [0.25, 0.3) is 0 Å². The number of nitrogens with one attached hydrogen (secondary N) is 1. The van der Waals surface area contributed by atoms with E-state index in [0.29, 0.717) is 10.6 Å². The van der Waals surface area contributed by atoms with E-state index in [4.69, 9.17) is 17.3 Å². The number of benzene rings is 1. The molecule has 0 spiro atoms. The van der Waals surface area contributed by atoms with Crippen LogP contribution < -0.4 is 15.8 Å². The third kappa shape index (κ3) is 7.09. The molecule has 0 amide bonds. The number of nitrogens with two attached hydrogens (primary N) is 1. The summed E-state index contributed by atoms with van der Waals surface area (Å²) in [5, 5.41) is 3.31. The van der Waals surface area contributed by atoms with Crippen molar-refractivity contribution < 1.29 is 13.5 Å².